The van der Waals surface area contributed by atoms with Gasteiger partial charge in [0.15, 0.2) is 0 Å². The Kier molecular flexibility index (Phi) is 7.68. The summed E-state index contributed by atoms with van der Waals surface area (Å²) < 4.78 is 2.12. The first-order chi connectivity index (χ1) is 20.4. The van der Waals surface area contributed by atoms with Crippen molar-refractivity contribution in [1.82, 2.24) is 9.47 Å². The van der Waals surface area contributed by atoms with Crippen LogP contribution in [0.1, 0.15) is 48.2 Å². The number of para-hydroxylation sites is 2. The van der Waals surface area contributed by atoms with Gasteiger partial charge in [0.25, 0.3) is 0 Å². The van der Waals surface area contributed by atoms with Crippen molar-refractivity contribution >= 4 is 29.1 Å². The maximum Gasteiger partial charge on any atom is 0.247 e. The third kappa shape index (κ3) is 5.12. The molecule has 2 heterocycles. The van der Waals surface area contributed by atoms with Gasteiger partial charge >= 0.3 is 0 Å². The van der Waals surface area contributed by atoms with E-state index in [1.165, 1.54) is 0 Å². The first kappa shape index (κ1) is 27.6. The number of nitrogens with zero attached hydrogens (tertiary/aromatic N) is 3. The van der Waals surface area contributed by atoms with Gasteiger partial charge in [-0.2, -0.15) is 0 Å². The Morgan fingerprint density at radius 1 is 0.762 bits per heavy atom. The molecule has 1 atom stereocenters. The van der Waals surface area contributed by atoms with Crippen LogP contribution in [0.5, 0.6) is 0 Å². The van der Waals surface area contributed by atoms with Crippen molar-refractivity contribution in [2.75, 3.05) is 11.4 Å². The highest BCUT2D eigenvalue weighted by molar-refractivity contribution is 6.30. The first-order valence-electron chi connectivity index (χ1n) is 14.2. The highest BCUT2D eigenvalue weighted by Gasteiger charge is 2.38. The Morgan fingerprint density at radius 2 is 1.38 bits per heavy atom. The normalized spacial score (nSPS) is 14.0. The van der Waals surface area contributed by atoms with Gasteiger partial charge in [0, 0.05) is 17.3 Å². The van der Waals surface area contributed by atoms with E-state index in [4.69, 9.17) is 11.6 Å². The van der Waals surface area contributed by atoms with Gasteiger partial charge in [-0.3, -0.25) is 14.5 Å². The molecular weight excluding hydrogens is 542 g/mol. The fraction of sp³-hybridized carbons (Fsp3) is 0.167. The molecule has 0 spiro atoms. The Balaban J connectivity index is 1.41. The summed E-state index contributed by atoms with van der Waals surface area (Å²) in [6.07, 6.45) is 2.02. The molecule has 42 heavy (non-hydrogen) atoms. The van der Waals surface area contributed by atoms with Crippen LogP contribution in [0.3, 0.4) is 0 Å². The molecule has 1 aromatic heterocycles. The number of carbonyl (C=O) groups is 2. The zero-order valence-electron chi connectivity index (χ0n) is 23.6. The third-order valence-electron chi connectivity index (χ3n) is 7.88. The van der Waals surface area contributed by atoms with Crippen molar-refractivity contribution in [3.05, 3.63) is 155 Å². The van der Waals surface area contributed by atoms with Crippen LogP contribution in [-0.2, 0) is 9.59 Å². The standard InChI is InChI=1S/C36H32ClN3O2/c1-25(2)39(36(42)34(26-13-5-3-6-14-26)27-15-7-4-8-16-27)24-33(41)40-31-20-10-9-19-30(31)38-22-12-21-32(38)35(40)28-17-11-18-29(37)23-28/h3-23,25,34-35H,24H2,1-2H3/t35-/m0/s1. The molecule has 210 valence electrons. The quantitative estimate of drug-likeness (QED) is 0.201. The summed E-state index contributed by atoms with van der Waals surface area (Å²) in [6, 6.07) is 38.5. The van der Waals surface area contributed by atoms with Crippen molar-refractivity contribution in [3.63, 3.8) is 0 Å². The van der Waals surface area contributed by atoms with Crippen molar-refractivity contribution in [2.45, 2.75) is 31.8 Å². The van der Waals surface area contributed by atoms with Gasteiger partial charge in [0.1, 0.15) is 12.6 Å². The third-order valence-corrected chi connectivity index (χ3v) is 8.11. The molecule has 0 N–H and O–H groups in total. The molecule has 0 unspecified atom stereocenters. The van der Waals surface area contributed by atoms with Gasteiger partial charge in [-0.15, -0.1) is 0 Å². The van der Waals surface area contributed by atoms with Gasteiger partial charge in [-0.1, -0.05) is 96.5 Å². The fourth-order valence-corrected chi connectivity index (χ4v) is 6.12. The maximum absolute atomic E-state index is 14.6. The van der Waals surface area contributed by atoms with E-state index in [-0.39, 0.29) is 24.4 Å². The molecule has 6 rings (SSSR count). The second-order valence-corrected chi connectivity index (χ2v) is 11.3. The molecule has 1 aliphatic heterocycles. The second-order valence-electron chi connectivity index (χ2n) is 10.8. The Hall–Kier alpha value is -4.61. The lowest BCUT2D eigenvalue weighted by Crippen LogP contribution is -2.49. The summed E-state index contributed by atoms with van der Waals surface area (Å²) in [5.74, 6) is -0.803. The number of benzene rings is 4. The van der Waals surface area contributed by atoms with E-state index in [1.54, 1.807) is 4.90 Å². The molecule has 0 fully saturated rings. The van der Waals surface area contributed by atoms with Crippen LogP contribution in [0.4, 0.5) is 5.69 Å². The van der Waals surface area contributed by atoms with Gasteiger partial charge < -0.3 is 9.47 Å². The molecule has 6 heteroatoms. The highest BCUT2D eigenvalue weighted by Crippen LogP contribution is 2.43. The average molecular weight is 574 g/mol. The number of hydrogen-bond acceptors (Lipinski definition) is 2. The van der Waals surface area contributed by atoms with E-state index in [1.807, 2.05) is 146 Å². The van der Waals surface area contributed by atoms with E-state index in [0.717, 1.165) is 33.8 Å². The van der Waals surface area contributed by atoms with E-state index in [0.29, 0.717) is 5.02 Å². The summed E-state index contributed by atoms with van der Waals surface area (Å²) in [5, 5.41) is 0.601. The molecule has 0 aliphatic carbocycles. The summed E-state index contributed by atoms with van der Waals surface area (Å²) in [6.45, 7) is 3.85. The molecular formula is C36H32ClN3O2. The lowest BCUT2D eigenvalue weighted by atomic mass is 9.89. The predicted molar refractivity (Wildman–Crippen MR) is 168 cm³/mol. The predicted octanol–water partition coefficient (Wildman–Crippen LogP) is 7.64. The minimum atomic E-state index is -0.530. The average Bonchev–Trinajstić information content (AvgIpc) is 3.50. The summed E-state index contributed by atoms with van der Waals surface area (Å²) >= 11 is 6.45. The van der Waals surface area contributed by atoms with Crippen LogP contribution in [0.15, 0.2) is 128 Å². The van der Waals surface area contributed by atoms with Crippen LogP contribution in [0.2, 0.25) is 5.02 Å². The lowest BCUT2D eigenvalue weighted by molar-refractivity contribution is -0.137. The van der Waals surface area contributed by atoms with Crippen LogP contribution < -0.4 is 4.90 Å². The first-order valence-corrected chi connectivity index (χ1v) is 14.6. The number of hydrogen-bond donors (Lipinski definition) is 0. The molecule has 4 aromatic carbocycles. The zero-order valence-corrected chi connectivity index (χ0v) is 24.4. The van der Waals surface area contributed by atoms with Crippen molar-refractivity contribution in [3.8, 4) is 5.69 Å². The maximum atomic E-state index is 14.6. The Bertz CT molecular complexity index is 1670. The minimum Gasteiger partial charge on any atom is -0.330 e. The number of amides is 2. The SMILES string of the molecule is CC(C)N(CC(=O)N1c2ccccc2-n2cccc2[C@@H]1c1cccc(Cl)c1)C(=O)C(c1ccccc1)c1ccccc1. The van der Waals surface area contributed by atoms with Crippen LogP contribution >= 0.6 is 11.6 Å². The molecule has 0 radical (unpaired) electrons. The highest BCUT2D eigenvalue weighted by atomic mass is 35.5. The topological polar surface area (TPSA) is 45.6 Å². The van der Waals surface area contributed by atoms with Gasteiger partial charge in [-0.05, 0) is 66.9 Å². The molecule has 0 saturated carbocycles. The fourth-order valence-electron chi connectivity index (χ4n) is 5.93. The smallest absolute Gasteiger partial charge is 0.247 e. The van der Waals surface area contributed by atoms with Crippen molar-refractivity contribution in [2.24, 2.45) is 0 Å². The number of aromatic nitrogens is 1. The molecule has 1 aliphatic rings. The Morgan fingerprint density at radius 3 is 2.00 bits per heavy atom. The summed E-state index contributed by atoms with van der Waals surface area (Å²) in [7, 11) is 0. The van der Waals surface area contributed by atoms with Gasteiger partial charge in [0.2, 0.25) is 11.8 Å². The van der Waals surface area contributed by atoms with Crippen LogP contribution in [0.25, 0.3) is 5.69 Å². The second kappa shape index (κ2) is 11.7. The lowest BCUT2D eigenvalue weighted by Gasteiger charge is -2.40. The molecule has 5 aromatic rings. The molecule has 0 saturated heterocycles. The largest absolute Gasteiger partial charge is 0.330 e. The molecule has 5 nitrogen and oxygen atoms in total. The molecule has 2 amide bonds. The number of carbonyl (C=O) groups excluding carboxylic acids is 2. The molecule has 0 bridgehead atoms. The van der Waals surface area contributed by atoms with E-state index < -0.39 is 12.0 Å². The van der Waals surface area contributed by atoms with Crippen LogP contribution in [-0.4, -0.2) is 33.9 Å². The zero-order chi connectivity index (χ0) is 29.2. The number of fused-ring (bicyclic) bond motifs is 3. The van der Waals surface area contributed by atoms with Crippen LogP contribution in [0, 0.1) is 0 Å². The minimum absolute atomic E-state index is 0.0707. The number of rotatable bonds is 7. The monoisotopic (exact) mass is 573 g/mol. The number of anilines is 1. The Labute approximate surface area is 251 Å². The van der Waals surface area contributed by atoms with E-state index >= 15 is 0 Å². The summed E-state index contributed by atoms with van der Waals surface area (Å²) in [4.78, 5) is 32.5. The van der Waals surface area contributed by atoms with E-state index in [2.05, 4.69) is 4.57 Å². The van der Waals surface area contributed by atoms with Gasteiger partial charge in [-0.25, -0.2) is 0 Å². The van der Waals surface area contributed by atoms with Crippen molar-refractivity contribution in [1.29, 1.82) is 0 Å². The van der Waals surface area contributed by atoms with Crippen molar-refractivity contribution < 1.29 is 9.59 Å². The van der Waals surface area contributed by atoms with Gasteiger partial charge in [0.05, 0.1) is 23.0 Å². The van der Waals surface area contributed by atoms with E-state index in [9.17, 15) is 9.59 Å². The summed E-state index contributed by atoms with van der Waals surface area (Å²) in [5.41, 5.74) is 5.35. The number of halogens is 1.